The monoisotopic (exact) mass is 537 g/mol. The largest absolute Gasteiger partial charge is 0.497 e. The Morgan fingerprint density at radius 2 is 1.90 bits per heavy atom. The number of methoxy groups -OCH3 is 1. The van der Waals surface area contributed by atoms with Crippen LogP contribution in [0.4, 0.5) is 5.69 Å². The van der Waals surface area contributed by atoms with Crippen molar-refractivity contribution in [3.05, 3.63) is 53.6 Å². The number of anilines is 1. The minimum atomic E-state index is -0.343. The third-order valence-electron chi connectivity index (χ3n) is 8.03. The zero-order chi connectivity index (χ0) is 27.9. The van der Waals surface area contributed by atoms with Gasteiger partial charge in [-0.2, -0.15) is 0 Å². The minimum Gasteiger partial charge on any atom is -0.497 e. The molecule has 1 saturated carbocycles. The molecule has 0 aromatic heterocycles. The van der Waals surface area contributed by atoms with E-state index in [1.807, 2.05) is 25.1 Å². The average Bonchev–Trinajstić information content (AvgIpc) is 2.95. The number of hydrogen-bond acceptors (Lipinski definition) is 6. The summed E-state index contributed by atoms with van der Waals surface area (Å²) in [6.45, 7) is 5.59. The lowest BCUT2D eigenvalue weighted by molar-refractivity contribution is -0.120. The second-order valence-corrected chi connectivity index (χ2v) is 11.2. The third kappa shape index (κ3) is 7.11. The normalized spacial score (nSPS) is 21.0. The van der Waals surface area contributed by atoms with Crippen LogP contribution in [0.25, 0.3) is 0 Å². The molecule has 0 unspecified atom stereocenters. The highest BCUT2D eigenvalue weighted by Crippen LogP contribution is 2.36. The zero-order valence-corrected chi connectivity index (χ0v) is 23.7. The summed E-state index contributed by atoms with van der Waals surface area (Å²) < 4.78 is 11.9. The van der Waals surface area contributed by atoms with Gasteiger partial charge in [-0.3, -0.25) is 14.5 Å². The van der Waals surface area contributed by atoms with E-state index in [9.17, 15) is 14.7 Å². The van der Waals surface area contributed by atoms with Gasteiger partial charge in [0.2, 0.25) is 5.91 Å². The molecule has 0 saturated heterocycles. The number of benzene rings is 2. The molecule has 39 heavy (non-hydrogen) atoms. The Morgan fingerprint density at radius 3 is 2.56 bits per heavy atom. The van der Waals surface area contributed by atoms with Crippen LogP contribution in [0, 0.1) is 11.8 Å². The van der Waals surface area contributed by atoms with Crippen molar-refractivity contribution < 1.29 is 24.2 Å². The van der Waals surface area contributed by atoms with Gasteiger partial charge in [0, 0.05) is 31.5 Å². The summed E-state index contributed by atoms with van der Waals surface area (Å²) in [5.41, 5.74) is 2.10. The van der Waals surface area contributed by atoms with E-state index in [1.54, 1.807) is 24.1 Å². The van der Waals surface area contributed by atoms with Crippen LogP contribution in [0.15, 0.2) is 42.5 Å². The number of rotatable bonds is 9. The van der Waals surface area contributed by atoms with Crippen molar-refractivity contribution in [2.75, 3.05) is 39.2 Å². The first-order valence-corrected chi connectivity index (χ1v) is 14.1. The molecule has 8 heteroatoms. The van der Waals surface area contributed by atoms with Crippen LogP contribution < -0.4 is 14.8 Å². The maximum Gasteiger partial charge on any atom is 0.258 e. The van der Waals surface area contributed by atoms with Crippen LogP contribution in [0.5, 0.6) is 11.5 Å². The van der Waals surface area contributed by atoms with Gasteiger partial charge in [-0.1, -0.05) is 44.4 Å². The molecule has 2 aliphatic rings. The topological polar surface area (TPSA) is 91.3 Å². The smallest absolute Gasteiger partial charge is 0.258 e. The Bertz CT molecular complexity index is 1120. The summed E-state index contributed by atoms with van der Waals surface area (Å²) in [7, 11) is 3.71. The van der Waals surface area contributed by atoms with Gasteiger partial charge >= 0.3 is 0 Å². The first kappa shape index (κ1) is 28.9. The molecule has 1 heterocycles. The molecule has 2 aromatic rings. The molecule has 0 bridgehead atoms. The molecule has 1 aliphatic heterocycles. The quantitative estimate of drug-likeness (QED) is 0.487. The van der Waals surface area contributed by atoms with Crippen LogP contribution in [-0.2, 0) is 11.3 Å². The second-order valence-electron chi connectivity index (χ2n) is 11.2. The molecule has 3 atom stereocenters. The summed E-state index contributed by atoms with van der Waals surface area (Å²) in [5.74, 6) is 0.989. The summed E-state index contributed by atoms with van der Waals surface area (Å²) in [6, 6.07) is 13.0. The molecule has 8 nitrogen and oxygen atoms in total. The Hall–Kier alpha value is -3.10. The van der Waals surface area contributed by atoms with Crippen LogP contribution in [0.3, 0.4) is 0 Å². The maximum atomic E-state index is 13.7. The first-order chi connectivity index (χ1) is 18.8. The number of aliphatic hydroxyl groups is 1. The summed E-state index contributed by atoms with van der Waals surface area (Å²) in [4.78, 5) is 30.8. The van der Waals surface area contributed by atoms with E-state index in [0.29, 0.717) is 30.1 Å². The third-order valence-corrected chi connectivity index (χ3v) is 8.03. The van der Waals surface area contributed by atoms with E-state index < -0.39 is 0 Å². The van der Waals surface area contributed by atoms with E-state index in [2.05, 4.69) is 36.3 Å². The summed E-state index contributed by atoms with van der Waals surface area (Å²) >= 11 is 0. The van der Waals surface area contributed by atoms with Crippen LogP contribution in [0.1, 0.15) is 61.9 Å². The van der Waals surface area contributed by atoms with Crippen LogP contribution in [-0.4, -0.2) is 72.7 Å². The van der Waals surface area contributed by atoms with Gasteiger partial charge in [0.1, 0.15) is 11.9 Å². The second kappa shape index (κ2) is 13.3. The molecule has 1 fully saturated rings. The highest BCUT2D eigenvalue weighted by atomic mass is 16.5. The number of fused-ring (bicyclic) bond motifs is 1. The maximum absolute atomic E-state index is 13.7. The molecule has 2 N–H and O–H groups in total. The number of ether oxygens (including phenoxy) is 2. The van der Waals surface area contributed by atoms with Crippen molar-refractivity contribution in [2.45, 2.75) is 64.6 Å². The summed E-state index contributed by atoms with van der Waals surface area (Å²) in [5, 5.41) is 13.0. The number of likely N-dealkylation sites (N-methyl/N-ethyl adjacent to an activating group) is 1. The molecule has 2 aromatic carbocycles. The van der Waals surface area contributed by atoms with Gasteiger partial charge in [0.25, 0.3) is 5.91 Å². The number of aliphatic hydroxyl groups excluding tert-OH is 1. The van der Waals surface area contributed by atoms with Gasteiger partial charge in [0.05, 0.1) is 31.0 Å². The lowest BCUT2D eigenvalue weighted by Crippen LogP contribution is -2.49. The fraction of sp³-hybridized carbons (Fsp3) is 0.548. The molecule has 0 spiro atoms. The Balaban J connectivity index is 1.61. The number of amides is 2. The van der Waals surface area contributed by atoms with Crippen molar-refractivity contribution in [1.82, 2.24) is 9.80 Å². The molecule has 2 amide bonds. The van der Waals surface area contributed by atoms with Crippen LogP contribution >= 0.6 is 0 Å². The van der Waals surface area contributed by atoms with Crippen LogP contribution in [0.2, 0.25) is 0 Å². The van der Waals surface area contributed by atoms with Crippen molar-refractivity contribution in [3.63, 3.8) is 0 Å². The summed E-state index contributed by atoms with van der Waals surface area (Å²) in [6.07, 6.45) is 4.82. The Kier molecular flexibility index (Phi) is 9.86. The van der Waals surface area contributed by atoms with E-state index in [-0.39, 0.29) is 42.4 Å². The number of nitrogens with one attached hydrogen (secondary N) is 1. The molecule has 1 aliphatic carbocycles. The highest BCUT2D eigenvalue weighted by molar-refractivity contribution is 6.02. The molecular formula is C31H43N3O5. The highest BCUT2D eigenvalue weighted by Gasteiger charge is 2.35. The average molecular weight is 538 g/mol. The first-order valence-electron chi connectivity index (χ1n) is 14.1. The number of nitrogens with zero attached hydrogens (tertiary/aromatic N) is 2. The fourth-order valence-electron chi connectivity index (χ4n) is 5.57. The standard InChI is InChI=1S/C31H43N3O5/c1-21-17-34(22(2)20-35)31(37)26-11-8-12-27(32-30(36)24-9-6-5-7-10-24)29(26)39-28(21)19-33(3)18-23-13-15-25(38-4)16-14-23/h8,11-16,21-22,24,28,35H,5-7,9-10,17-20H2,1-4H3,(H,32,36)/t21-,22+,28-/m1/s1. The van der Waals surface area contributed by atoms with Gasteiger partial charge in [-0.05, 0) is 56.6 Å². The molecule has 4 rings (SSSR count). The van der Waals surface area contributed by atoms with Crippen molar-refractivity contribution in [1.29, 1.82) is 0 Å². The zero-order valence-electron chi connectivity index (χ0n) is 23.7. The predicted octanol–water partition coefficient (Wildman–Crippen LogP) is 4.57. The van der Waals surface area contributed by atoms with E-state index in [1.165, 1.54) is 6.42 Å². The van der Waals surface area contributed by atoms with E-state index >= 15 is 0 Å². The van der Waals surface area contributed by atoms with Gasteiger partial charge in [-0.25, -0.2) is 0 Å². The molecule has 0 radical (unpaired) electrons. The number of para-hydroxylation sites is 1. The van der Waals surface area contributed by atoms with E-state index in [4.69, 9.17) is 9.47 Å². The van der Waals surface area contributed by atoms with Crippen molar-refractivity contribution >= 4 is 17.5 Å². The SMILES string of the molecule is COc1ccc(CN(C)C[C@H]2Oc3c(NC(=O)C4CCCCC4)cccc3C(=O)N([C@@H](C)CO)C[C@H]2C)cc1. The molecular weight excluding hydrogens is 494 g/mol. The van der Waals surface area contributed by atoms with E-state index in [0.717, 1.165) is 43.5 Å². The number of hydrogen-bond donors (Lipinski definition) is 2. The fourth-order valence-corrected chi connectivity index (χ4v) is 5.57. The molecule has 212 valence electrons. The lowest BCUT2D eigenvalue weighted by atomic mass is 9.88. The number of carbonyl (C=O) groups excluding carboxylic acids is 2. The van der Waals surface area contributed by atoms with Gasteiger partial charge < -0.3 is 24.8 Å². The van der Waals surface area contributed by atoms with Gasteiger partial charge in [-0.15, -0.1) is 0 Å². The predicted molar refractivity (Wildman–Crippen MR) is 152 cm³/mol. The Labute approximate surface area is 232 Å². The van der Waals surface area contributed by atoms with Crippen molar-refractivity contribution in [3.8, 4) is 11.5 Å². The Morgan fingerprint density at radius 1 is 1.18 bits per heavy atom. The lowest BCUT2D eigenvalue weighted by Gasteiger charge is -2.38. The van der Waals surface area contributed by atoms with Gasteiger partial charge in [0.15, 0.2) is 5.75 Å². The minimum absolute atomic E-state index is 0.0111. The van der Waals surface area contributed by atoms with Crippen molar-refractivity contribution in [2.24, 2.45) is 11.8 Å². The number of carbonyl (C=O) groups is 2.